The zero-order valence-electron chi connectivity index (χ0n) is 18.5. The van der Waals surface area contributed by atoms with Gasteiger partial charge in [0.25, 0.3) is 5.91 Å². The Kier molecular flexibility index (Phi) is 5.71. The van der Waals surface area contributed by atoms with Gasteiger partial charge in [-0.15, -0.1) is 11.3 Å². The summed E-state index contributed by atoms with van der Waals surface area (Å²) < 4.78 is 2.13. The highest BCUT2D eigenvalue weighted by Gasteiger charge is 2.27. The second kappa shape index (κ2) is 8.68. The summed E-state index contributed by atoms with van der Waals surface area (Å²) in [5.74, 6) is 0.183. The lowest BCUT2D eigenvalue weighted by atomic mass is 9.92. The van der Waals surface area contributed by atoms with Crippen molar-refractivity contribution in [3.63, 3.8) is 0 Å². The van der Waals surface area contributed by atoms with Crippen molar-refractivity contribution in [2.75, 3.05) is 35.6 Å². The van der Waals surface area contributed by atoms with Crippen molar-refractivity contribution in [2.45, 2.75) is 44.8 Å². The van der Waals surface area contributed by atoms with E-state index in [9.17, 15) is 14.7 Å². The molecule has 10 heteroatoms. The number of para-hydroxylation sites is 1. The number of hydrogen-bond acceptors (Lipinski definition) is 7. The molecule has 2 amide bonds. The van der Waals surface area contributed by atoms with E-state index in [-0.39, 0.29) is 30.5 Å². The number of carbonyl (C=O) groups is 2. The lowest BCUT2D eigenvalue weighted by Gasteiger charge is -2.28. The lowest BCUT2D eigenvalue weighted by Crippen LogP contribution is -2.47. The number of nitrogen functional groups attached to an aromatic ring is 1. The molecule has 2 aromatic heterocycles. The van der Waals surface area contributed by atoms with Gasteiger partial charge < -0.3 is 25.6 Å². The van der Waals surface area contributed by atoms with E-state index in [4.69, 9.17) is 10.7 Å². The Morgan fingerprint density at radius 3 is 2.85 bits per heavy atom. The maximum atomic E-state index is 13.2. The first-order valence-electron chi connectivity index (χ1n) is 11.3. The van der Waals surface area contributed by atoms with Gasteiger partial charge in [-0.2, -0.15) is 0 Å². The highest BCUT2D eigenvalue weighted by molar-refractivity contribution is 7.18. The summed E-state index contributed by atoms with van der Waals surface area (Å²) in [6.45, 7) is 3.48. The maximum absolute atomic E-state index is 13.2. The molecule has 3 aromatic rings. The molecule has 3 heterocycles. The monoisotopic (exact) mass is 468 g/mol. The number of aliphatic hydroxyl groups is 1. The number of benzene rings is 1. The lowest BCUT2D eigenvalue weighted by molar-refractivity contribution is -0.120. The Bertz CT molecular complexity index is 1210. The van der Waals surface area contributed by atoms with Crippen molar-refractivity contribution in [3.8, 4) is 0 Å². The number of aryl methyl sites for hydroxylation is 1. The summed E-state index contributed by atoms with van der Waals surface area (Å²) in [4.78, 5) is 32.1. The van der Waals surface area contributed by atoms with Gasteiger partial charge in [0, 0.05) is 19.1 Å². The average molecular weight is 469 g/mol. The molecule has 0 radical (unpaired) electrons. The molecule has 0 atom stereocenters. The van der Waals surface area contributed by atoms with Gasteiger partial charge in [-0.05, 0) is 50.3 Å². The highest BCUT2D eigenvalue weighted by atomic mass is 32.1. The Balaban J connectivity index is 1.45. The fourth-order valence-electron chi connectivity index (χ4n) is 4.81. The number of carbonyl (C=O) groups excluding carboxylic acids is 2. The van der Waals surface area contributed by atoms with Crippen LogP contribution in [0.5, 0.6) is 0 Å². The van der Waals surface area contributed by atoms with Crippen LogP contribution in [0, 0.1) is 6.92 Å². The Morgan fingerprint density at radius 2 is 2.09 bits per heavy atom. The van der Waals surface area contributed by atoms with E-state index in [1.54, 1.807) is 6.07 Å². The number of nitrogens with two attached hydrogens (primary N) is 1. The smallest absolute Gasteiger partial charge is 0.268 e. The van der Waals surface area contributed by atoms with Gasteiger partial charge in [-0.3, -0.25) is 14.9 Å². The molecule has 5 N–H and O–H groups in total. The number of hydrogen-bond donors (Lipinski definition) is 4. The van der Waals surface area contributed by atoms with Crippen molar-refractivity contribution < 1.29 is 14.7 Å². The Hall–Kier alpha value is -3.11. The average Bonchev–Trinajstić information content (AvgIpc) is 3.36. The maximum Gasteiger partial charge on any atom is 0.268 e. The third kappa shape index (κ3) is 4.16. The normalized spacial score (nSPS) is 21.3. The van der Waals surface area contributed by atoms with Crippen molar-refractivity contribution in [1.82, 2.24) is 14.9 Å². The van der Waals surface area contributed by atoms with E-state index >= 15 is 0 Å². The summed E-state index contributed by atoms with van der Waals surface area (Å²) in [6, 6.07) is 7.79. The molecule has 1 aliphatic carbocycles. The number of imidazole rings is 1. The molecule has 2 aliphatic rings. The topological polar surface area (TPSA) is 126 Å². The number of piperazine rings is 1. The van der Waals surface area contributed by atoms with Crippen LogP contribution in [0.25, 0.3) is 11.0 Å². The van der Waals surface area contributed by atoms with E-state index in [2.05, 4.69) is 15.2 Å². The van der Waals surface area contributed by atoms with Crippen LogP contribution < -0.4 is 21.3 Å². The molecule has 9 nitrogen and oxygen atoms in total. The summed E-state index contributed by atoms with van der Waals surface area (Å²) in [7, 11) is 0. The molecule has 0 spiro atoms. The highest BCUT2D eigenvalue weighted by Crippen LogP contribution is 2.37. The number of amides is 2. The molecule has 0 bridgehead atoms. The number of aliphatic hydroxyl groups excluding tert-OH is 1. The fraction of sp³-hybridized carbons (Fsp3) is 0.435. The van der Waals surface area contributed by atoms with Crippen molar-refractivity contribution >= 4 is 50.8 Å². The van der Waals surface area contributed by atoms with Gasteiger partial charge >= 0.3 is 0 Å². The van der Waals surface area contributed by atoms with Gasteiger partial charge in [0.15, 0.2) is 0 Å². The number of rotatable bonds is 4. The van der Waals surface area contributed by atoms with E-state index < -0.39 is 0 Å². The summed E-state index contributed by atoms with van der Waals surface area (Å²) in [6.07, 6.45) is 2.86. The standard InChI is InChI=1S/C23H28N6O3S/c1-13-3-2-4-17-20(13)29(14-5-7-15(30)8-6-14)23(26-17)27-21(32)18-11-16(24)22(33-18)28-10-9-25-19(31)12-28/h2-4,11,14-15,30H,5-10,12,24H2,1H3,(H,25,31)(H,26,27,32)/t14-,15-. The molecule has 1 saturated heterocycles. The summed E-state index contributed by atoms with van der Waals surface area (Å²) in [5.41, 5.74) is 9.64. The van der Waals surface area contributed by atoms with Crippen LogP contribution in [0.15, 0.2) is 24.3 Å². The number of anilines is 3. The van der Waals surface area contributed by atoms with Crippen LogP contribution in [0.2, 0.25) is 0 Å². The SMILES string of the molecule is Cc1cccc2nc(NC(=O)c3cc(N)c(N4CCNC(=O)C4)s3)n([C@H]3CC[C@H](O)CC3)c12. The Labute approximate surface area is 195 Å². The van der Waals surface area contributed by atoms with Crippen LogP contribution in [-0.2, 0) is 4.79 Å². The summed E-state index contributed by atoms with van der Waals surface area (Å²) in [5, 5.41) is 16.5. The summed E-state index contributed by atoms with van der Waals surface area (Å²) >= 11 is 1.29. The van der Waals surface area contributed by atoms with Gasteiger partial charge in [-0.1, -0.05) is 12.1 Å². The predicted octanol–water partition coefficient (Wildman–Crippen LogP) is 2.65. The van der Waals surface area contributed by atoms with E-state index in [1.807, 2.05) is 30.0 Å². The molecule has 0 unspecified atom stereocenters. The van der Waals surface area contributed by atoms with Crippen LogP contribution >= 0.6 is 11.3 Å². The minimum absolute atomic E-state index is 0.0539. The zero-order chi connectivity index (χ0) is 23.1. The van der Waals surface area contributed by atoms with E-state index in [0.717, 1.165) is 47.3 Å². The molecule has 1 aliphatic heterocycles. The molecule has 5 rings (SSSR count). The second-order valence-electron chi connectivity index (χ2n) is 8.81. The van der Waals surface area contributed by atoms with Gasteiger partial charge in [-0.25, -0.2) is 4.98 Å². The third-order valence-electron chi connectivity index (χ3n) is 6.46. The molecule has 174 valence electrons. The molecular formula is C23H28N6O3S. The van der Waals surface area contributed by atoms with Crippen molar-refractivity contribution in [1.29, 1.82) is 0 Å². The van der Waals surface area contributed by atoms with Gasteiger partial charge in [0.1, 0.15) is 5.00 Å². The van der Waals surface area contributed by atoms with Crippen LogP contribution in [-0.4, -0.2) is 52.2 Å². The quantitative estimate of drug-likeness (QED) is 0.466. The molecule has 2 fully saturated rings. The van der Waals surface area contributed by atoms with Crippen LogP contribution in [0.4, 0.5) is 16.6 Å². The molecule has 1 aromatic carbocycles. The fourth-order valence-corrected chi connectivity index (χ4v) is 5.81. The second-order valence-corrected chi connectivity index (χ2v) is 9.84. The van der Waals surface area contributed by atoms with Crippen molar-refractivity contribution in [2.24, 2.45) is 0 Å². The first-order valence-corrected chi connectivity index (χ1v) is 12.1. The number of aromatic nitrogens is 2. The molecule has 1 saturated carbocycles. The van der Waals surface area contributed by atoms with Gasteiger partial charge in [0.05, 0.1) is 34.2 Å². The number of fused-ring (bicyclic) bond motifs is 1. The van der Waals surface area contributed by atoms with Crippen LogP contribution in [0.1, 0.15) is 47.0 Å². The van der Waals surface area contributed by atoms with Crippen LogP contribution in [0.3, 0.4) is 0 Å². The minimum atomic E-state index is -0.274. The third-order valence-corrected chi connectivity index (χ3v) is 7.67. The van der Waals surface area contributed by atoms with Gasteiger partial charge in [0.2, 0.25) is 11.9 Å². The first-order chi connectivity index (χ1) is 15.9. The van der Waals surface area contributed by atoms with E-state index in [1.165, 1.54) is 11.3 Å². The Morgan fingerprint density at radius 1 is 1.30 bits per heavy atom. The largest absolute Gasteiger partial charge is 0.396 e. The number of nitrogens with zero attached hydrogens (tertiary/aromatic N) is 3. The van der Waals surface area contributed by atoms with Crippen molar-refractivity contribution in [3.05, 3.63) is 34.7 Å². The zero-order valence-corrected chi connectivity index (χ0v) is 19.3. The molecule has 33 heavy (non-hydrogen) atoms. The number of nitrogens with one attached hydrogen (secondary N) is 2. The predicted molar refractivity (Wildman–Crippen MR) is 130 cm³/mol. The minimum Gasteiger partial charge on any atom is -0.396 e. The first kappa shape index (κ1) is 21.7. The van der Waals surface area contributed by atoms with E-state index in [0.29, 0.717) is 29.6 Å². The number of thiophene rings is 1. The molecular weight excluding hydrogens is 440 g/mol.